The van der Waals surface area contributed by atoms with Gasteiger partial charge in [-0.05, 0) is 50.3 Å². The number of unbranched alkanes of at least 4 members (excludes halogenated alkanes) is 11. The number of carboxylic acid groups (broad SMARTS) is 1. The first-order valence-electron chi connectivity index (χ1n) is 13.1. The fourth-order valence-corrected chi connectivity index (χ4v) is 4.88. The number of fused-ring (bicyclic) bond motifs is 3. The van der Waals surface area contributed by atoms with Crippen LogP contribution < -0.4 is 4.74 Å². The highest BCUT2D eigenvalue weighted by Crippen LogP contribution is 2.34. The highest BCUT2D eigenvalue weighted by molar-refractivity contribution is 5.84. The molecule has 3 rings (SSSR count). The van der Waals surface area contributed by atoms with Gasteiger partial charge in [-0.25, -0.2) is 4.79 Å². The Morgan fingerprint density at radius 3 is 2.22 bits per heavy atom. The van der Waals surface area contributed by atoms with Crippen LogP contribution >= 0.6 is 0 Å². The fraction of sp³-hybridized carbons (Fsp3) is 0.679. The molecule has 178 valence electrons. The molecule has 4 heteroatoms. The smallest absolute Gasteiger partial charge is 0.344 e. The quantitative estimate of drug-likeness (QED) is 0.266. The Kier molecular flexibility index (Phi) is 10.4. The first kappa shape index (κ1) is 24.7. The molecule has 0 bridgehead atoms. The molecule has 0 fully saturated rings. The monoisotopic (exact) mass is 442 g/mol. The molecule has 0 radical (unpaired) electrons. The van der Waals surface area contributed by atoms with Crippen LogP contribution in [-0.2, 0) is 17.6 Å². The van der Waals surface area contributed by atoms with Crippen molar-refractivity contribution in [3.63, 3.8) is 0 Å². The first-order valence-corrected chi connectivity index (χ1v) is 13.1. The molecule has 1 aliphatic rings. The number of aryl methyl sites for hydroxylation is 2. The molecule has 0 saturated heterocycles. The van der Waals surface area contributed by atoms with Crippen molar-refractivity contribution in [1.82, 2.24) is 0 Å². The van der Waals surface area contributed by atoms with Crippen LogP contribution in [0.15, 0.2) is 22.6 Å². The zero-order chi connectivity index (χ0) is 22.6. The van der Waals surface area contributed by atoms with Gasteiger partial charge in [-0.2, -0.15) is 0 Å². The van der Waals surface area contributed by atoms with Crippen LogP contribution in [0.4, 0.5) is 0 Å². The van der Waals surface area contributed by atoms with E-state index in [0.29, 0.717) is 12.2 Å². The summed E-state index contributed by atoms with van der Waals surface area (Å²) in [5.74, 6) is 0.857. The molecule has 32 heavy (non-hydrogen) atoms. The minimum Gasteiger partial charge on any atom is -0.479 e. The van der Waals surface area contributed by atoms with E-state index in [1.165, 1.54) is 82.6 Å². The first-order chi connectivity index (χ1) is 15.7. The molecule has 1 atom stereocenters. The summed E-state index contributed by atoms with van der Waals surface area (Å²) in [7, 11) is 0. The van der Waals surface area contributed by atoms with Crippen LogP contribution in [0, 0.1) is 0 Å². The number of ether oxygens (including phenoxy) is 1. The second kappa shape index (κ2) is 13.5. The standard InChI is InChI=1S/C28H42O4/c1-2-3-4-5-6-7-8-9-10-11-12-13-18-27(28(29)30)31-22-19-20-26-24(21-22)23-16-14-15-17-25(23)32-26/h19-21,27H,2-18H2,1H3,(H,29,30). The van der Waals surface area contributed by atoms with Crippen LogP contribution in [0.2, 0.25) is 0 Å². The zero-order valence-electron chi connectivity index (χ0n) is 20.0. The van der Waals surface area contributed by atoms with Gasteiger partial charge in [0.1, 0.15) is 17.1 Å². The van der Waals surface area contributed by atoms with Gasteiger partial charge in [-0.15, -0.1) is 0 Å². The summed E-state index contributed by atoms with van der Waals surface area (Å²) < 4.78 is 11.9. The molecule has 1 aromatic carbocycles. The van der Waals surface area contributed by atoms with Gasteiger partial charge >= 0.3 is 5.97 Å². The third kappa shape index (κ3) is 7.56. The van der Waals surface area contributed by atoms with Crippen molar-refractivity contribution in [2.24, 2.45) is 0 Å². The van der Waals surface area contributed by atoms with Crippen molar-refractivity contribution in [3.05, 3.63) is 29.5 Å². The van der Waals surface area contributed by atoms with Crippen molar-refractivity contribution in [1.29, 1.82) is 0 Å². The number of carboxylic acids is 1. The number of carbonyl (C=O) groups is 1. The van der Waals surface area contributed by atoms with Crippen LogP contribution in [0.25, 0.3) is 11.0 Å². The maximum Gasteiger partial charge on any atom is 0.344 e. The van der Waals surface area contributed by atoms with Crippen LogP contribution in [0.1, 0.15) is 115 Å². The lowest BCUT2D eigenvalue weighted by molar-refractivity contribution is -0.145. The normalized spacial score (nSPS) is 14.4. The molecular formula is C28H42O4. The van der Waals surface area contributed by atoms with E-state index in [4.69, 9.17) is 9.15 Å². The molecule has 1 unspecified atom stereocenters. The van der Waals surface area contributed by atoms with Gasteiger partial charge in [-0.1, -0.05) is 77.6 Å². The van der Waals surface area contributed by atoms with Gasteiger partial charge in [0.15, 0.2) is 6.10 Å². The molecule has 1 N–H and O–H groups in total. The molecule has 0 aliphatic heterocycles. The van der Waals surface area contributed by atoms with Gasteiger partial charge in [0, 0.05) is 17.4 Å². The van der Waals surface area contributed by atoms with Gasteiger partial charge < -0.3 is 14.3 Å². The largest absolute Gasteiger partial charge is 0.479 e. The lowest BCUT2D eigenvalue weighted by atomic mass is 9.96. The van der Waals surface area contributed by atoms with Gasteiger partial charge in [-0.3, -0.25) is 0 Å². The summed E-state index contributed by atoms with van der Waals surface area (Å²) in [4.78, 5) is 11.7. The highest BCUT2D eigenvalue weighted by Gasteiger charge is 2.21. The van der Waals surface area contributed by atoms with Crippen molar-refractivity contribution in [3.8, 4) is 5.75 Å². The van der Waals surface area contributed by atoms with Crippen molar-refractivity contribution in [2.45, 2.75) is 122 Å². The molecule has 1 aliphatic carbocycles. The van der Waals surface area contributed by atoms with E-state index in [9.17, 15) is 9.90 Å². The lowest BCUT2D eigenvalue weighted by Gasteiger charge is -2.15. The van der Waals surface area contributed by atoms with Crippen LogP contribution in [0.3, 0.4) is 0 Å². The van der Waals surface area contributed by atoms with Crippen molar-refractivity contribution in [2.75, 3.05) is 0 Å². The van der Waals surface area contributed by atoms with Crippen LogP contribution in [-0.4, -0.2) is 17.2 Å². The molecular weight excluding hydrogens is 400 g/mol. The van der Waals surface area contributed by atoms with E-state index < -0.39 is 12.1 Å². The SMILES string of the molecule is CCCCCCCCCCCCCCC(Oc1ccc2oc3c(c2c1)CCCC3)C(=O)O. The lowest BCUT2D eigenvalue weighted by Crippen LogP contribution is -2.26. The Balaban J connectivity index is 1.35. The summed E-state index contributed by atoms with van der Waals surface area (Å²) in [6.07, 6.45) is 19.5. The Labute approximate surface area is 193 Å². The molecule has 0 spiro atoms. The molecule has 2 aromatic rings. The van der Waals surface area contributed by atoms with E-state index in [2.05, 4.69) is 6.92 Å². The van der Waals surface area contributed by atoms with E-state index in [1.807, 2.05) is 18.2 Å². The number of rotatable bonds is 16. The van der Waals surface area contributed by atoms with Crippen molar-refractivity contribution < 1.29 is 19.1 Å². The zero-order valence-corrected chi connectivity index (χ0v) is 20.0. The third-order valence-electron chi connectivity index (χ3n) is 6.80. The Morgan fingerprint density at radius 2 is 1.56 bits per heavy atom. The predicted molar refractivity (Wildman–Crippen MR) is 131 cm³/mol. The minimum atomic E-state index is -0.873. The third-order valence-corrected chi connectivity index (χ3v) is 6.80. The Hall–Kier alpha value is -1.97. The molecule has 1 heterocycles. The van der Waals surface area contributed by atoms with E-state index in [0.717, 1.165) is 42.4 Å². The maximum absolute atomic E-state index is 11.7. The van der Waals surface area contributed by atoms with E-state index >= 15 is 0 Å². The number of hydrogen-bond acceptors (Lipinski definition) is 3. The number of benzene rings is 1. The average molecular weight is 443 g/mol. The summed E-state index contributed by atoms with van der Waals surface area (Å²) >= 11 is 0. The Morgan fingerprint density at radius 1 is 0.938 bits per heavy atom. The van der Waals surface area contributed by atoms with Gasteiger partial charge in [0.05, 0.1) is 0 Å². The van der Waals surface area contributed by atoms with Gasteiger partial charge in [0.25, 0.3) is 0 Å². The second-order valence-corrected chi connectivity index (χ2v) is 9.49. The van der Waals surface area contributed by atoms with Crippen LogP contribution in [0.5, 0.6) is 5.75 Å². The highest BCUT2D eigenvalue weighted by atomic mass is 16.5. The minimum absolute atomic E-state index is 0.564. The van der Waals surface area contributed by atoms with Crippen molar-refractivity contribution >= 4 is 16.9 Å². The van der Waals surface area contributed by atoms with Gasteiger partial charge in [0.2, 0.25) is 0 Å². The predicted octanol–water partition coefficient (Wildman–Crippen LogP) is 8.23. The van der Waals surface area contributed by atoms with E-state index in [1.54, 1.807) is 0 Å². The van der Waals surface area contributed by atoms with E-state index in [-0.39, 0.29) is 0 Å². The molecule has 4 nitrogen and oxygen atoms in total. The fourth-order valence-electron chi connectivity index (χ4n) is 4.88. The maximum atomic E-state index is 11.7. The summed E-state index contributed by atoms with van der Waals surface area (Å²) in [6, 6.07) is 5.74. The molecule has 1 aromatic heterocycles. The molecule has 0 amide bonds. The second-order valence-electron chi connectivity index (χ2n) is 9.49. The average Bonchev–Trinajstić information content (AvgIpc) is 3.17. The molecule has 0 saturated carbocycles. The Bertz CT molecular complexity index is 822. The number of hydrogen-bond donors (Lipinski definition) is 1. The number of aliphatic carboxylic acids is 1. The summed E-state index contributed by atoms with van der Waals surface area (Å²) in [5, 5.41) is 10.7. The number of furan rings is 1. The summed E-state index contributed by atoms with van der Waals surface area (Å²) in [6.45, 7) is 2.26. The topological polar surface area (TPSA) is 59.7 Å². The summed E-state index contributed by atoms with van der Waals surface area (Å²) in [5.41, 5.74) is 2.17.